The Bertz CT molecular complexity index is 1080. The predicted molar refractivity (Wildman–Crippen MR) is 106 cm³/mol. The second kappa shape index (κ2) is 7.28. The van der Waals surface area contributed by atoms with E-state index in [1.807, 2.05) is 60.7 Å². The summed E-state index contributed by atoms with van der Waals surface area (Å²) in [5, 5.41) is 10.8. The van der Waals surface area contributed by atoms with E-state index < -0.39 is 4.92 Å². The normalized spacial score (nSPS) is 10.6. The molecule has 0 atom stereocenters. The van der Waals surface area contributed by atoms with E-state index in [0.29, 0.717) is 11.3 Å². The van der Waals surface area contributed by atoms with Crippen LogP contribution < -0.4 is 0 Å². The van der Waals surface area contributed by atoms with Gasteiger partial charge in [-0.05, 0) is 12.1 Å². The number of benzene rings is 3. The molecule has 0 saturated heterocycles. The Labute approximate surface area is 160 Å². The van der Waals surface area contributed by atoms with Gasteiger partial charge in [0.25, 0.3) is 5.69 Å². The molecular formula is C22H15N3O3. The van der Waals surface area contributed by atoms with Crippen LogP contribution in [0.25, 0.3) is 22.5 Å². The maximum Gasteiger partial charge on any atom is 0.269 e. The topological polar surface area (TPSA) is 88.9 Å². The molecular weight excluding hydrogens is 354 g/mol. The smallest absolute Gasteiger partial charge is 0.269 e. The van der Waals surface area contributed by atoms with Crippen molar-refractivity contribution in [3.05, 3.63) is 106 Å². The van der Waals surface area contributed by atoms with E-state index in [2.05, 4.69) is 9.97 Å². The van der Waals surface area contributed by atoms with Crippen LogP contribution in [0, 0.1) is 10.1 Å². The molecule has 0 saturated carbocycles. The number of nitro groups is 1. The van der Waals surface area contributed by atoms with Gasteiger partial charge in [0.15, 0.2) is 5.82 Å². The number of imidazole rings is 1. The van der Waals surface area contributed by atoms with Crippen LogP contribution in [-0.2, 0) is 0 Å². The van der Waals surface area contributed by atoms with E-state index in [0.717, 1.165) is 16.8 Å². The maximum atomic E-state index is 12.9. The highest BCUT2D eigenvalue weighted by molar-refractivity contribution is 6.07. The van der Waals surface area contributed by atoms with Gasteiger partial charge in [0.1, 0.15) is 0 Å². The molecule has 0 aliphatic carbocycles. The molecule has 6 nitrogen and oxygen atoms in total. The third-order valence-corrected chi connectivity index (χ3v) is 4.37. The number of ketones is 1. The first-order chi connectivity index (χ1) is 13.6. The largest absolute Gasteiger partial charge is 0.335 e. The number of nitrogens with zero attached hydrogens (tertiary/aromatic N) is 2. The fraction of sp³-hybridized carbons (Fsp3) is 0. The summed E-state index contributed by atoms with van der Waals surface area (Å²) in [6.07, 6.45) is 0. The number of non-ortho nitro benzene ring substituents is 1. The van der Waals surface area contributed by atoms with Crippen LogP contribution in [-0.4, -0.2) is 20.7 Å². The van der Waals surface area contributed by atoms with Gasteiger partial charge >= 0.3 is 0 Å². The number of nitrogens with one attached hydrogen (secondary N) is 1. The molecule has 3 aromatic carbocycles. The summed E-state index contributed by atoms with van der Waals surface area (Å²) >= 11 is 0. The van der Waals surface area contributed by atoms with Gasteiger partial charge < -0.3 is 4.98 Å². The molecule has 6 heteroatoms. The standard InChI is InChI=1S/C22H15N3O3/c26-21(17-11-13-18(14-12-17)25(27)28)22-23-19(15-7-3-1-4-8-15)20(24-22)16-9-5-2-6-10-16/h1-14H,(H,23,24). The third kappa shape index (κ3) is 3.31. The van der Waals surface area contributed by atoms with Crippen molar-refractivity contribution in [3.8, 4) is 22.5 Å². The lowest BCUT2D eigenvalue weighted by Crippen LogP contribution is -2.04. The minimum absolute atomic E-state index is 0.0639. The number of hydrogen-bond acceptors (Lipinski definition) is 4. The van der Waals surface area contributed by atoms with Crippen LogP contribution in [0.15, 0.2) is 84.9 Å². The van der Waals surface area contributed by atoms with Crippen LogP contribution in [0.1, 0.15) is 16.2 Å². The highest BCUT2D eigenvalue weighted by Crippen LogP contribution is 2.30. The maximum absolute atomic E-state index is 12.9. The van der Waals surface area contributed by atoms with Crippen LogP contribution in [0.4, 0.5) is 5.69 Å². The first-order valence-corrected chi connectivity index (χ1v) is 8.63. The number of aromatic amines is 1. The minimum Gasteiger partial charge on any atom is -0.335 e. The second-order valence-electron chi connectivity index (χ2n) is 6.17. The Morgan fingerprint density at radius 2 is 1.39 bits per heavy atom. The fourth-order valence-corrected chi connectivity index (χ4v) is 2.97. The molecule has 4 aromatic rings. The van der Waals surface area contributed by atoms with E-state index in [9.17, 15) is 14.9 Å². The summed E-state index contributed by atoms with van der Waals surface area (Å²) in [4.78, 5) is 30.9. The molecule has 1 N–H and O–H groups in total. The van der Waals surface area contributed by atoms with Crippen LogP contribution in [0.3, 0.4) is 0 Å². The van der Waals surface area contributed by atoms with Gasteiger partial charge in [0.2, 0.25) is 5.78 Å². The van der Waals surface area contributed by atoms with Crippen LogP contribution in [0.2, 0.25) is 0 Å². The second-order valence-corrected chi connectivity index (χ2v) is 6.17. The van der Waals surface area contributed by atoms with Crippen molar-refractivity contribution in [1.29, 1.82) is 0 Å². The number of aromatic nitrogens is 2. The van der Waals surface area contributed by atoms with Crippen LogP contribution in [0.5, 0.6) is 0 Å². The number of carbonyl (C=O) groups excluding carboxylic acids is 1. The monoisotopic (exact) mass is 369 g/mol. The molecule has 0 bridgehead atoms. The number of hydrogen-bond donors (Lipinski definition) is 1. The van der Waals surface area contributed by atoms with Crippen molar-refractivity contribution in [2.24, 2.45) is 0 Å². The Morgan fingerprint density at radius 1 is 0.821 bits per heavy atom. The molecule has 0 radical (unpaired) electrons. The van der Waals surface area contributed by atoms with E-state index in [4.69, 9.17) is 0 Å². The number of rotatable bonds is 5. The Balaban J connectivity index is 1.79. The summed E-state index contributed by atoms with van der Waals surface area (Å²) in [5.41, 5.74) is 3.50. The molecule has 4 rings (SSSR count). The van der Waals surface area contributed by atoms with Gasteiger partial charge in [0, 0.05) is 28.8 Å². The number of H-pyrrole nitrogens is 1. The molecule has 0 fully saturated rings. The zero-order valence-electron chi connectivity index (χ0n) is 14.7. The molecule has 1 aromatic heterocycles. The van der Waals surface area contributed by atoms with Gasteiger partial charge in [-0.3, -0.25) is 14.9 Å². The predicted octanol–water partition coefficient (Wildman–Crippen LogP) is 4.88. The van der Waals surface area contributed by atoms with Gasteiger partial charge in [0.05, 0.1) is 16.3 Å². The van der Waals surface area contributed by atoms with Crippen molar-refractivity contribution in [2.75, 3.05) is 0 Å². The van der Waals surface area contributed by atoms with Crippen molar-refractivity contribution in [2.45, 2.75) is 0 Å². The summed E-state index contributed by atoms with van der Waals surface area (Å²) in [7, 11) is 0. The molecule has 0 amide bonds. The summed E-state index contributed by atoms with van der Waals surface area (Å²) in [6.45, 7) is 0. The molecule has 0 aliphatic rings. The molecule has 136 valence electrons. The van der Waals surface area contributed by atoms with Gasteiger partial charge in [-0.25, -0.2) is 4.98 Å². The van der Waals surface area contributed by atoms with Gasteiger partial charge in [-0.1, -0.05) is 60.7 Å². The average molecular weight is 369 g/mol. The Hall–Kier alpha value is -4.06. The molecule has 0 spiro atoms. The zero-order chi connectivity index (χ0) is 19.5. The van der Waals surface area contributed by atoms with E-state index >= 15 is 0 Å². The summed E-state index contributed by atoms with van der Waals surface area (Å²) in [5.74, 6) is -0.138. The lowest BCUT2D eigenvalue weighted by molar-refractivity contribution is -0.384. The van der Waals surface area contributed by atoms with Crippen molar-refractivity contribution in [3.63, 3.8) is 0 Å². The first-order valence-electron chi connectivity index (χ1n) is 8.63. The highest BCUT2D eigenvalue weighted by atomic mass is 16.6. The molecule has 0 aliphatic heterocycles. The van der Waals surface area contributed by atoms with E-state index in [-0.39, 0.29) is 17.3 Å². The van der Waals surface area contributed by atoms with Crippen LogP contribution >= 0.6 is 0 Å². The van der Waals surface area contributed by atoms with Gasteiger partial charge in [-0.15, -0.1) is 0 Å². The van der Waals surface area contributed by atoms with Gasteiger partial charge in [-0.2, -0.15) is 0 Å². The number of carbonyl (C=O) groups is 1. The van der Waals surface area contributed by atoms with Crippen molar-refractivity contribution in [1.82, 2.24) is 9.97 Å². The quantitative estimate of drug-likeness (QED) is 0.308. The van der Waals surface area contributed by atoms with E-state index in [1.54, 1.807) is 0 Å². The summed E-state index contributed by atoms with van der Waals surface area (Å²) < 4.78 is 0. The number of nitro benzene ring substituents is 1. The average Bonchev–Trinajstić information content (AvgIpc) is 3.20. The SMILES string of the molecule is O=C(c1ccc([N+](=O)[O-])cc1)c1nc(-c2ccccc2)c(-c2ccccc2)[nH]1. The Morgan fingerprint density at radius 3 is 1.96 bits per heavy atom. The molecule has 0 unspecified atom stereocenters. The lowest BCUT2D eigenvalue weighted by atomic mass is 10.1. The van der Waals surface area contributed by atoms with E-state index in [1.165, 1.54) is 24.3 Å². The zero-order valence-corrected chi connectivity index (χ0v) is 14.7. The molecule has 28 heavy (non-hydrogen) atoms. The molecule has 1 heterocycles. The fourth-order valence-electron chi connectivity index (χ4n) is 2.97. The Kier molecular flexibility index (Phi) is 4.51. The minimum atomic E-state index is -0.498. The highest BCUT2D eigenvalue weighted by Gasteiger charge is 2.20. The van der Waals surface area contributed by atoms with Crippen molar-refractivity contribution >= 4 is 11.5 Å². The first kappa shape index (κ1) is 17.4. The summed E-state index contributed by atoms with van der Waals surface area (Å²) in [6, 6.07) is 24.8. The third-order valence-electron chi connectivity index (χ3n) is 4.37. The van der Waals surface area contributed by atoms with Crippen molar-refractivity contribution < 1.29 is 9.72 Å². The lowest BCUT2D eigenvalue weighted by Gasteiger charge is -2.02.